The number of hydrogen-bond donors (Lipinski definition) is 0. The van der Waals surface area contributed by atoms with Crippen molar-refractivity contribution in [3.05, 3.63) is 16.4 Å². The maximum absolute atomic E-state index is 13.7. The van der Waals surface area contributed by atoms with E-state index in [4.69, 9.17) is 9.57 Å². The molecule has 29 heavy (non-hydrogen) atoms. The van der Waals surface area contributed by atoms with Crippen LogP contribution in [-0.4, -0.2) is 78.7 Å². The summed E-state index contributed by atoms with van der Waals surface area (Å²) in [7, 11) is 2.56. The van der Waals surface area contributed by atoms with Crippen LogP contribution in [0.3, 0.4) is 0 Å². The average molecular weight is 417 g/mol. The van der Waals surface area contributed by atoms with E-state index in [0.29, 0.717) is 19.0 Å². The van der Waals surface area contributed by atoms with Gasteiger partial charge in [-0.2, -0.15) is 18.2 Å². The van der Waals surface area contributed by atoms with Gasteiger partial charge in [-0.05, 0) is 12.8 Å². The Hall–Kier alpha value is -2.34. The quantitative estimate of drug-likeness (QED) is 0.656. The Bertz CT molecular complexity index is 860. The molecule has 3 unspecified atom stereocenters. The zero-order chi connectivity index (χ0) is 20.9. The first kappa shape index (κ1) is 20.0. The smallest absolute Gasteiger partial charge is 0.374 e. The van der Waals surface area contributed by atoms with Gasteiger partial charge in [-0.15, -0.1) is 0 Å². The summed E-state index contributed by atoms with van der Waals surface area (Å²) in [6.07, 6.45) is -4.09. The Balaban J connectivity index is 1.73. The van der Waals surface area contributed by atoms with Crippen LogP contribution in [0.25, 0.3) is 0 Å². The van der Waals surface area contributed by atoms with Crippen molar-refractivity contribution >= 4 is 17.7 Å². The fraction of sp³-hybridized carbons (Fsp3) is 0.706. The van der Waals surface area contributed by atoms with E-state index in [-0.39, 0.29) is 31.1 Å². The molecule has 0 aliphatic carbocycles. The largest absolute Gasteiger partial charge is 0.408 e. The number of nitrogens with zero attached hydrogens (tertiary/aromatic N) is 5. The van der Waals surface area contributed by atoms with Gasteiger partial charge in [0, 0.05) is 26.2 Å². The predicted octanol–water partition coefficient (Wildman–Crippen LogP) is 0.382. The Kier molecular flexibility index (Phi) is 4.93. The summed E-state index contributed by atoms with van der Waals surface area (Å²) in [6.45, 7) is 0.302. The van der Waals surface area contributed by atoms with E-state index >= 15 is 0 Å². The van der Waals surface area contributed by atoms with Crippen molar-refractivity contribution in [2.75, 3.05) is 43.7 Å². The van der Waals surface area contributed by atoms with Crippen LogP contribution in [-0.2, 0) is 20.9 Å². The molecule has 4 rings (SSSR count). The standard InChI is InChI=1S/C17H22F3N5O4/c1-22(28-2)15(27)8-25-12(17(18,19)20)3-4-23-14(26)6-13(21-16(23)25)24-7-11-5-10(24)9-29-11/h6,10-12H,3-5,7-9H2,1-2H3. The highest BCUT2D eigenvalue weighted by molar-refractivity contribution is 5.80. The number of carbonyl (C=O) groups is 1. The van der Waals surface area contributed by atoms with Crippen molar-refractivity contribution in [1.29, 1.82) is 0 Å². The monoisotopic (exact) mass is 417 g/mol. The van der Waals surface area contributed by atoms with Crippen LogP contribution in [0.15, 0.2) is 10.9 Å². The van der Waals surface area contributed by atoms with E-state index in [1.165, 1.54) is 24.8 Å². The molecule has 0 radical (unpaired) electrons. The molecule has 2 bridgehead atoms. The molecule has 0 N–H and O–H groups in total. The van der Waals surface area contributed by atoms with Crippen molar-refractivity contribution in [3.8, 4) is 0 Å². The molecule has 160 valence electrons. The lowest BCUT2D eigenvalue weighted by Gasteiger charge is -2.39. The van der Waals surface area contributed by atoms with Gasteiger partial charge in [0.25, 0.3) is 11.5 Å². The molecular formula is C17H22F3N5O4. The van der Waals surface area contributed by atoms with Gasteiger partial charge >= 0.3 is 6.18 Å². The first-order chi connectivity index (χ1) is 13.7. The minimum atomic E-state index is -4.58. The fourth-order valence-corrected chi connectivity index (χ4v) is 4.15. The molecule has 2 saturated heterocycles. The molecular weight excluding hydrogens is 395 g/mol. The Labute approximate surface area is 164 Å². The number of carbonyl (C=O) groups excluding carboxylic acids is 1. The van der Waals surface area contributed by atoms with Crippen LogP contribution in [0.1, 0.15) is 12.8 Å². The summed E-state index contributed by atoms with van der Waals surface area (Å²) in [4.78, 5) is 36.9. The number of morpholine rings is 1. The number of hydrogen-bond acceptors (Lipinski definition) is 7. The number of anilines is 2. The maximum atomic E-state index is 13.7. The summed E-state index contributed by atoms with van der Waals surface area (Å²) < 4.78 is 47.8. The average Bonchev–Trinajstić information content (AvgIpc) is 3.30. The zero-order valence-electron chi connectivity index (χ0n) is 16.1. The molecule has 0 spiro atoms. The van der Waals surface area contributed by atoms with Crippen LogP contribution in [0.2, 0.25) is 0 Å². The molecule has 2 fully saturated rings. The Morgan fingerprint density at radius 1 is 1.45 bits per heavy atom. The molecule has 1 amide bonds. The maximum Gasteiger partial charge on any atom is 0.408 e. The van der Waals surface area contributed by atoms with E-state index in [1.807, 2.05) is 4.90 Å². The summed E-state index contributed by atoms with van der Waals surface area (Å²) in [5, 5.41) is 0.852. The van der Waals surface area contributed by atoms with Crippen molar-refractivity contribution in [2.24, 2.45) is 0 Å². The SMILES string of the molecule is CON(C)C(=O)CN1c2nc(N3CC4CC3CO4)cc(=O)n2CCC1C(F)(F)F. The van der Waals surface area contributed by atoms with Gasteiger partial charge in [-0.3, -0.25) is 19.0 Å². The van der Waals surface area contributed by atoms with Crippen molar-refractivity contribution in [2.45, 2.75) is 43.8 Å². The molecule has 0 saturated carbocycles. The van der Waals surface area contributed by atoms with Crippen LogP contribution in [0.5, 0.6) is 0 Å². The summed E-state index contributed by atoms with van der Waals surface area (Å²) >= 11 is 0. The van der Waals surface area contributed by atoms with E-state index in [1.54, 1.807) is 0 Å². The third-order valence-electron chi connectivity index (χ3n) is 5.74. The second kappa shape index (κ2) is 7.17. The van der Waals surface area contributed by atoms with Gasteiger partial charge < -0.3 is 14.5 Å². The summed E-state index contributed by atoms with van der Waals surface area (Å²) in [6, 6.07) is -0.525. The lowest BCUT2D eigenvalue weighted by Crippen LogP contribution is -2.55. The minimum Gasteiger partial charge on any atom is -0.374 e. The van der Waals surface area contributed by atoms with Gasteiger partial charge in [-0.1, -0.05) is 0 Å². The number of hydroxylamine groups is 2. The zero-order valence-corrected chi connectivity index (χ0v) is 16.1. The minimum absolute atomic E-state index is 0.0385. The molecule has 0 aromatic carbocycles. The van der Waals surface area contributed by atoms with Gasteiger partial charge in [0.2, 0.25) is 5.95 Å². The number of fused-ring (bicyclic) bond motifs is 3. The molecule has 3 aliphatic heterocycles. The molecule has 1 aromatic rings. The molecule has 9 nitrogen and oxygen atoms in total. The van der Waals surface area contributed by atoms with Crippen molar-refractivity contribution in [3.63, 3.8) is 0 Å². The third-order valence-corrected chi connectivity index (χ3v) is 5.74. The topological polar surface area (TPSA) is 80.1 Å². The molecule has 12 heteroatoms. The van der Waals surface area contributed by atoms with Crippen molar-refractivity contribution < 1.29 is 27.5 Å². The van der Waals surface area contributed by atoms with Gasteiger partial charge in [0.1, 0.15) is 18.4 Å². The number of ether oxygens (including phenoxy) is 1. The van der Waals surface area contributed by atoms with E-state index in [0.717, 1.165) is 16.4 Å². The number of alkyl halides is 3. The van der Waals surface area contributed by atoms with Crippen LogP contribution in [0.4, 0.5) is 24.9 Å². The number of rotatable bonds is 4. The second-order valence-electron chi connectivity index (χ2n) is 7.45. The molecule has 4 heterocycles. The highest BCUT2D eigenvalue weighted by Gasteiger charge is 2.48. The number of halogens is 3. The summed E-state index contributed by atoms with van der Waals surface area (Å²) in [5.74, 6) is -0.511. The third kappa shape index (κ3) is 3.54. The van der Waals surface area contributed by atoms with Crippen molar-refractivity contribution in [1.82, 2.24) is 14.6 Å². The van der Waals surface area contributed by atoms with Crippen LogP contribution in [0, 0.1) is 0 Å². The van der Waals surface area contributed by atoms with E-state index in [9.17, 15) is 22.8 Å². The number of aromatic nitrogens is 2. The number of likely N-dealkylation sites (N-methyl/N-ethyl adjacent to an activating group) is 1. The fourth-order valence-electron chi connectivity index (χ4n) is 4.15. The van der Waals surface area contributed by atoms with E-state index < -0.39 is 30.2 Å². The molecule has 3 aliphatic rings. The Morgan fingerprint density at radius 3 is 2.79 bits per heavy atom. The first-order valence-electron chi connectivity index (χ1n) is 9.33. The number of amides is 1. The summed E-state index contributed by atoms with van der Waals surface area (Å²) in [5.41, 5.74) is -0.438. The predicted molar refractivity (Wildman–Crippen MR) is 95.6 cm³/mol. The molecule has 1 aromatic heterocycles. The van der Waals surface area contributed by atoms with Crippen LogP contribution >= 0.6 is 0 Å². The van der Waals surface area contributed by atoms with Crippen LogP contribution < -0.4 is 15.4 Å². The highest BCUT2D eigenvalue weighted by Crippen LogP contribution is 2.36. The van der Waals surface area contributed by atoms with Gasteiger partial charge in [-0.25, -0.2) is 5.06 Å². The highest BCUT2D eigenvalue weighted by atomic mass is 19.4. The lowest BCUT2D eigenvalue weighted by atomic mass is 10.1. The van der Waals surface area contributed by atoms with Gasteiger partial charge in [0.15, 0.2) is 0 Å². The molecule has 3 atom stereocenters. The lowest BCUT2D eigenvalue weighted by molar-refractivity contribution is -0.169. The Morgan fingerprint density at radius 2 is 2.21 bits per heavy atom. The normalized spacial score (nSPS) is 26.0. The van der Waals surface area contributed by atoms with Gasteiger partial charge in [0.05, 0.1) is 25.9 Å². The van der Waals surface area contributed by atoms with E-state index in [2.05, 4.69) is 4.98 Å². The second-order valence-corrected chi connectivity index (χ2v) is 7.45. The first-order valence-corrected chi connectivity index (χ1v) is 9.33.